The summed E-state index contributed by atoms with van der Waals surface area (Å²) >= 11 is 0. The van der Waals surface area contributed by atoms with Gasteiger partial charge in [-0.05, 0) is 70.7 Å². The van der Waals surface area contributed by atoms with Crippen LogP contribution in [-0.4, -0.2) is 43.0 Å². The van der Waals surface area contributed by atoms with Gasteiger partial charge in [-0.1, -0.05) is 0 Å². The summed E-state index contributed by atoms with van der Waals surface area (Å²) in [6, 6.07) is 7.63. The van der Waals surface area contributed by atoms with Gasteiger partial charge < -0.3 is 19.6 Å². The van der Waals surface area contributed by atoms with E-state index in [2.05, 4.69) is 15.3 Å². The fourth-order valence-corrected chi connectivity index (χ4v) is 5.31. The minimum atomic E-state index is -1.19. The zero-order valence-electron chi connectivity index (χ0n) is 20.6. The van der Waals surface area contributed by atoms with E-state index >= 15 is 0 Å². The number of aliphatic hydroxyl groups is 1. The minimum Gasteiger partial charge on any atom is -0.444 e. The van der Waals surface area contributed by atoms with E-state index in [-0.39, 0.29) is 11.7 Å². The van der Waals surface area contributed by atoms with E-state index in [1.165, 1.54) is 6.26 Å². The lowest BCUT2D eigenvalue weighted by Gasteiger charge is -2.28. The largest absolute Gasteiger partial charge is 0.444 e. The summed E-state index contributed by atoms with van der Waals surface area (Å²) in [5, 5.41) is 19.5. The Kier molecular flexibility index (Phi) is 5.42. The summed E-state index contributed by atoms with van der Waals surface area (Å²) in [5.41, 5.74) is 2.39. The Morgan fingerprint density at radius 2 is 1.97 bits per heavy atom. The Hall–Kier alpha value is -3.56. The van der Waals surface area contributed by atoms with Gasteiger partial charge in [0.15, 0.2) is 5.69 Å². The fraction of sp³-hybridized carbons (Fsp3) is 0.407. The van der Waals surface area contributed by atoms with Crippen LogP contribution in [0.1, 0.15) is 67.3 Å². The lowest BCUT2D eigenvalue weighted by molar-refractivity contribution is -0.0179. The van der Waals surface area contributed by atoms with Crippen molar-refractivity contribution in [3.63, 3.8) is 0 Å². The highest BCUT2D eigenvalue weighted by molar-refractivity contribution is 6.04. The number of aryl methyl sites for hydroxylation is 1. The molecular weight excluding hydrogens is 458 g/mol. The van der Waals surface area contributed by atoms with Crippen LogP contribution in [-0.2, 0) is 10.3 Å². The Bertz CT molecular complexity index is 1440. The molecule has 9 nitrogen and oxygen atoms in total. The van der Waals surface area contributed by atoms with Crippen molar-refractivity contribution in [2.24, 2.45) is 0 Å². The molecular formula is C27H29N5O4. The molecule has 2 aliphatic heterocycles. The average Bonchev–Trinajstić information content (AvgIpc) is 3.56. The molecule has 186 valence electrons. The number of hydrogen-bond acceptors (Lipinski definition) is 7. The van der Waals surface area contributed by atoms with E-state index in [4.69, 9.17) is 14.3 Å². The lowest BCUT2D eigenvalue weighted by atomic mass is 9.95. The van der Waals surface area contributed by atoms with Crippen molar-refractivity contribution < 1.29 is 19.1 Å². The maximum Gasteiger partial charge on any atom is 0.277 e. The third kappa shape index (κ3) is 4.29. The molecule has 0 spiro atoms. The number of carbonyl (C=O) groups is 1. The molecule has 2 fully saturated rings. The van der Waals surface area contributed by atoms with Gasteiger partial charge in [-0.2, -0.15) is 5.10 Å². The first kappa shape index (κ1) is 22.9. The quantitative estimate of drug-likeness (QED) is 0.417. The number of benzene rings is 1. The number of pyridine rings is 1. The molecule has 2 saturated heterocycles. The number of aromatic nitrogens is 4. The van der Waals surface area contributed by atoms with Crippen molar-refractivity contribution in [1.82, 2.24) is 19.7 Å². The third-order valence-electron chi connectivity index (χ3n) is 7.09. The van der Waals surface area contributed by atoms with Gasteiger partial charge in [0.05, 0.1) is 29.4 Å². The van der Waals surface area contributed by atoms with Gasteiger partial charge in [-0.25, -0.2) is 4.98 Å². The number of anilines is 1. The molecule has 2 N–H and O–H groups in total. The summed E-state index contributed by atoms with van der Waals surface area (Å²) in [7, 11) is 0. The molecule has 4 aromatic rings. The standard InChI is InChI=1S/C27H29N5O4/c1-15-8-16(6-7-28-15)26-30-24(14-35-26)25(33)29-23-9-17-13-32(18-10-19-4-5-20(11-18)36-19)31-22(17)12-21(23)27(2,3)34/h6-9,12-14,18-20,34H,4-5,10-11H2,1-3H3,(H,29,33). The van der Waals surface area contributed by atoms with Gasteiger partial charge in [-0.3, -0.25) is 14.5 Å². The third-order valence-corrected chi connectivity index (χ3v) is 7.09. The van der Waals surface area contributed by atoms with E-state index in [0.717, 1.165) is 47.8 Å². The van der Waals surface area contributed by atoms with Crippen LogP contribution in [0, 0.1) is 6.92 Å². The first-order valence-corrected chi connectivity index (χ1v) is 12.3. The summed E-state index contributed by atoms with van der Waals surface area (Å²) in [6.07, 6.45) is 9.80. The monoisotopic (exact) mass is 487 g/mol. The number of nitrogens with zero attached hydrogens (tertiary/aromatic N) is 4. The fourth-order valence-electron chi connectivity index (χ4n) is 5.31. The van der Waals surface area contributed by atoms with Crippen molar-refractivity contribution in [2.45, 2.75) is 70.3 Å². The summed E-state index contributed by atoms with van der Waals surface area (Å²) < 4.78 is 13.6. The molecule has 2 bridgehead atoms. The first-order chi connectivity index (χ1) is 17.2. The second-order valence-electron chi connectivity index (χ2n) is 10.4. The van der Waals surface area contributed by atoms with Gasteiger partial charge >= 0.3 is 0 Å². The van der Waals surface area contributed by atoms with Gasteiger partial charge in [0.1, 0.15) is 6.26 Å². The minimum absolute atomic E-state index is 0.148. The maximum absolute atomic E-state index is 13.1. The zero-order chi connectivity index (χ0) is 25.0. The van der Waals surface area contributed by atoms with Crippen molar-refractivity contribution in [3.8, 4) is 11.5 Å². The van der Waals surface area contributed by atoms with Crippen LogP contribution >= 0.6 is 0 Å². The van der Waals surface area contributed by atoms with Gasteiger partial charge in [0.2, 0.25) is 5.89 Å². The van der Waals surface area contributed by atoms with Crippen molar-refractivity contribution in [3.05, 3.63) is 59.9 Å². The Morgan fingerprint density at radius 3 is 2.69 bits per heavy atom. The second kappa shape index (κ2) is 8.53. The predicted octanol–water partition coefficient (Wildman–Crippen LogP) is 4.76. The number of amides is 1. The highest BCUT2D eigenvalue weighted by Gasteiger charge is 2.36. The topological polar surface area (TPSA) is 115 Å². The molecule has 3 aromatic heterocycles. The van der Waals surface area contributed by atoms with Crippen LogP contribution < -0.4 is 5.32 Å². The summed E-state index contributed by atoms with van der Waals surface area (Å²) in [6.45, 7) is 5.26. The van der Waals surface area contributed by atoms with Crippen LogP contribution in [0.2, 0.25) is 0 Å². The molecule has 6 rings (SSSR count). The predicted molar refractivity (Wildman–Crippen MR) is 134 cm³/mol. The van der Waals surface area contributed by atoms with Crippen LogP contribution in [0.25, 0.3) is 22.4 Å². The number of oxazole rings is 1. The van der Waals surface area contributed by atoms with E-state index < -0.39 is 11.5 Å². The van der Waals surface area contributed by atoms with Crippen molar-refractivity contribution in [2.75, 3.05) is 5.32 Å². The molecule has 0 saturated carbocycles. The molecule has 1 aromatic carbocycles. The summed E-state index contributed by atoms with van der Waals surface area (Å²) in [4.78, 5) is 21.6. The smallest absolute Gasteiger partial charge is 0.277 e. The molecule has 0 aliphatic carbocycles. The van der Waals surface area contributed by atoms with E-state index in [1.54, 1.807) is 26.1 Å². The Morgan fingerprint density at radius 1 is 1.19 bits per heavy atom. The number of rotatable bonds is 5. The zero-order valence-corrected chi connectivity index (χ0v) is 20.6. The molecule has 36 heavy (non-hydrogen) atoms. The average molecular weight is 488 g/mol. The molecule has 0 radical (unpaired) electrons. The molecule has 2 aliphatic rings. The lowest BCUT2D eigenvalue weighted by Crippen LogP contribution is -2.27. The molecule has 1 amide bonds. The van der Waals surface area contributed by atoms with Gasteiger partial charge in [0, 0.05) is 40.3 Å². The first-order valence-electron chi connectivity index (χ1n) is 12.3. The normalized spacial score (nSPS) is 21.7. The van der Waals surface area contributed by atoms with Crippen LogP contribution in [0.3, 0.4) is 0 Å². The maximum atomic E-state index is 13.1. The molecule has 2 unspecified atom stereocenters. The molecule has 5 heterocycles. The van der Waals surface area contributed by atoms with Gasteiger partial charge in [0.25, 0.3) is 5.91 Å². The van der Waals surface area contributed by atoms with Gasteiger partial charge in [-0.15, -0.1) is 0 Å². The molecule has 9 heteroatoms. The second-order valence-corrected chi connectivity index (χ2v) is 10.4. The Balaban J connectivity index is 1.30. The van der Waals surface area contributed by atoms with Crippen LogP contribution in [0.5, 0.6) is 0 Å². The Labute approximate surface area is 208 Å². The van der Waals surface area contributed by atoms with E-state index in [0.29, 0.717) is 29.3 Å². The number of carbonyl (C=O) groups excluding carboxylic acids is 1. The number of ether oxygens (including phenoxy) is 1. The highest BCUT2D eigenvalue weighted by atomic mass is 16.5. The van der Waals surface area contributed by atoms with Crippen LogP contribution in [0.4, 0.5) is 5.69 Å². The highest BCUT2D eigenvalue weighted by Crippen LogP contribution is 2.39. The SMILES string of the molecule is Cc1cc(-c2nc(C(=O)Nc3cc4cn(C5CC6CCC(C5)O6)nc4cc3C(C)(C)O)co2)ccn1. The van der Waals surface area contributed by atoms with Crippen molar-refractivity contribution >= 4 is 22.5 Å². The number of hydrogen-bond donors (Lipinski definition) is 2. The summed E-state index contributed by atoms with van der Waals surface area (Å²) in [5.74, 6) is -0.0791. The van der Waals surface area contributed by atoms with E-state index in [9.17, 15) is 9.90 Å². The van der Waals surface area contributed by atoms with Crippen molar-refractivity contribution in [1.29, 1.82) is 0 Å². The molecule has 2 atom stereocenters. The van der Waals surface area contributed by atoms with Crippen LogP contribution in [0.15, 0.2) is 47.3 Å². The number of nitrogens with one attached hydrogen (secondary N) is 1. The van der Waals surface area contributed by atoms with E-state index in [1.807, 2.05) is 36.0 Å². The number of fused-ring (bicyclic) bond motifs is 3.